The Kier molecular flexibility index (Phi) is 7.77. The summed E-state index contributed by atoms with van der Waals surface area (Å²) in [7, 11) is 0. The second-order valence-corrected chi connectivity index (χ2v) is 13.6. The highest BCUT2D eigenvalue weighted by Gasteiger charge is 2.16. The lowest BCUT2D eigenvalue weighted by atomic mass is 9.94. The predicted molar refractivity (Wildman–Crippen MR) is 216 cm³/mol. The third-order valence-electron chi connectivity index (χ3n) is 9.49. The Balaban J connectivity index is 1.12. The fourth-order valence-corrected chi connectivity index (χ4v) is 8.16. The quantitative estimate of drug-likeness (QED) is 0.165. The van der Waals surface area contributed by atoms with E-state index < -0.39 is 0 Å². The van der Waals surface area contributed by atoms with Crippen molar-refractivity contribution in [2.24, 2.45) is 0 Å². The fraction of sp³-hybridized carbons (Fsp3) is 0. The molecule has 1 nitrogen and oxygen atoms in total. The molecule has 0 aliphatic rings. The maximum atomic E-state index is 2.38. The van der Waals surface area contributed by atoms with E-state index >= 15 is 0 Å². The molecule has 0 saturated heterocycles. The minimum absolute atomic E-state index is 1.12. The van der Waals surface area contributed by atoms with Crippen molar-refractivity contribution in [1.29, 1.82) is 0 Å². The SMILES string of the molecule is c1ccc(-c2ccc(-c3cc(-c4ccc(N(c5ccccc5)c5ccc(-c6ccccc6)cc5)cc4)cc4c3sc3ccccc34)cc2)cc1. The average Bonchev–Trinajstić information content (AvgIpc) is 3.58. The summed E-state index contributed by atoms with van der Waals surface area (Å²) in [6.07, 6.45) is 0. The van der Waals surface area contributed by atoms with Gasteiger partial charge < -0.3 is 4.90 Å². The van der Waals surface area contributed by atoms with E-state index in [0.29, 0.717) is 0 Å². The number of anilines is 3. The second-order valence-electron chi connectivity index (χ2n) is 12.6. The highest BCUT2D eigenvalue weighted by molar-refractivity contribution is 7.26. The second kappa shape index (κ2) is 13.0. The first-order valence-corrected chi connectivity index (χ1v) is 17.8. The minimum atomic E-state index is 1.12. The zero-order valence-corrected chi connectivity index (χ0v) is 28.2. The van der Waals surface area contributed by atoms with Crippen LogP contribution in [0.15, 0.2) is 200 Å². The van der Waals surface area contributed by atoms with E-state index in [4.69, 9.17) is 0 Å². The largest absolute Gasteiger partial charge is 0.311 e. The molecule has 0 aliphatic heterocycles. The molecule has 0 amide bonds. The molecule has 9 aromatic rings. The molecule has 50 heavy (non-hydrogen) atoms. The lowest BCUT2D eigenvalue weighted by Crippen LogP contribution is -2.09. The highest BCUT2D eigenvalue weighted by Crippen LogP contribution is 2.44. The van der Waals surface area contributed by atoms with Crippen LogP contribution in [0.2, 0.25) is 0 Å². The molecule has 9 rings (SSSR count). The summed E-state index contributed by atoms with van der Waals surface area (Å²) in [4.78, 5) is 2.33. The molecule has 0 unspecified atom stereocenters. The van der Waals surface area contributed by atoms with Crippen molar-refractivity contribution in [2.45, 2.75) is 0 Å². The Morgan fingerprint density at radius 2 is 0.720 bits per heavy atom. The summed E-state index contributed by atoms with van der Waals surface area (Å²) in [5, 5.41) is 2.61. The van der Waals surface area contributed by atoms with Crippen molar-refractivity contribution in [3.05, 3.63) is 200 Å². The summed E-state index contributed by atoms with van der Waals surface area (Å²) in [6.45, 7) is 0. The molecule has 236 valence electrons. The topological polar surface area (TPSA) is 3.24 Å². The van der Waals surface area contributed by atoms with Gasteiger partial charge in [-0.3, -0.25) is 0 Å². The fourth-order valence-electron chi connectivity index (χ4n) is 6.94. The molecule has 0 fully saturated rings. The molecule has 0 N–H and O–H groups in total. The van der Waals surface area contributed by atoms with Gasteiger partial charge in [-0.25, -0.2) is 0 Å². The molecule has 0 saturated carbocycles. The third-order valence-corrected chi connectivity index (χ3v) is 10.7. The molecular formula is C48H33NS. The van der Waals surface area contributed by atoms with Crippen LogP contribution in [0.3, 0.4) is 0 Å². The van der Waals surface area contributed by atoms with Crippen molar-refractivity contribution in [2.75, 3.05) is 4.90 Å². The van der Waals surface area contributed by atoms with Crippen LogP contribution in [0.1, 0.15) is 0 Å². The molecule has 1 heterocycles. The van der Waals surface area contributed by atoms with Gasteiger partial charge in [0.25, 0.3) is 0 Å². The molecule has 0 spiro atoms. The van der Waals surface area contributed by atoms with Gasteiger partial charge in [0, 0.05) is 42.8 Å². The van der Waals surface area contributed by atoms with Crippen LogP contribution >= 0.6 is 11.3 Å². The van der Waals surface area contributed by atoms with Gasteiger partial charge in [-0.15, -0.1) is 11.3 Å². The Morgan fingerprint density at radius 3 is 1.30 bits per heavy atom. The molecule has 1 aromatic heterocycles. The number of hydrogen-bond donors (Lipinski definition) is 0. The van der Waals surface area contributed by atoms with E-state index in [9.17, 15) is 0 Å². The average molecular weight is 656 g/mol. The molecule has 0 aliphatic carbocycles. The molecule has 0 atom stereocenters. The van der Waals surface area contributed by atoms with E-state index in [1.54, 1.807) is 0 Å². The standard InChI is InChI=1S/C48H33NS/c1-4-12-34(13-5-1)36-20-22-39(23-21-36)45-32-40(33-46-44-18-10-11-19-47(44)50-48(45)46)38-26-30-43(31-27-38)49(41-16-8-3-9-17-41)42-28-24-37(25-29-42)35-14-6-2-7-15-35/h1-33H. The third kappa shape index (κ3) is 5.66. The minimum Gasteiger partial charge on any atom is -0.311 e. The first-order valence-electron chi connectivity index (χ1n) is 17.0. The van der Waals surface area contributed by atoms with E-state index in [-0.39, 0.29) is 0 Å². The zero-order chi connectivity index (χ0) is 33.3. The van der Waals surface area contributed by atoms with Crippen LogP contribution in [-0.4, -0.2) is 0 Å². The summed E-state index contributed by atoms with van der Waals surface area (Å²) >= 11 is 1.88. The summed E-state index contributed by atoms with van der Waals surface area (Å²) in [5.74, 6) is 0. The predicted octanol–water partition coefficient (Wildman–Crippen LogP) is 14.2. The van der Waals surface area contributed by atoms with Crippen LogP contribution in [0.4, 0.5) is 17.1 Å². The number of rotatable bonds is 7. The lowest BCUT2D eigenvalue weighted by Gasteiger charge is -2.26. The van der Waals surface area contributed by atoms with E-state index in [1.807, 2.05) is 11.3 Å². The number of benzene rings is 8. The Hall–Kier alpha value is -6.22. The van der Waals surface area contributed by atoms with Gasteiger partial charge >= 0.3 is 0 Å². The van der Waals surface area contributed by atoms with Gasteiger partial charge in [0.05, 0.1) is 0 Å². The van der Waals surface area contributed by atoms with Crippen molar-refractivity contribution in [1.82, 2.24) is 0 Å². The highest BCUT2D eigenvalue weighted by atomic mass is 32.1. The Morgan fingerprint density at radius 1 is 0.300 bits per heavy atom. The van der Waals surface area contributed by atoms with Crippen molar-refractivity contribution in [3.8, 4) is 44.5 Å². The van der Waals surface area contributed by atoms with E-state index in [2.05, 4.69) is 205 Å². The Labute approximate surface area is 297 Å². The van der Waals surface area contributed by atoms with Gasteiger partial charge in [0.1, 0.15) is 0 Å². The number of fused-ring (bicyclic) bond motifs is 3. The monoisotopic (exact) mass is 655 g/mol. The summed E-state index contributed by atoms with van der Waals surface area (Å²) in [6, 6.07) is 72.2. The maximum absolute atomic E-state index is 2.38. The molecule has 8 aromatic carbocycles. The molecular weight excluding hydrogens is 623 g/mol. The van der Waals surface area contributed by atoms with Crippen LogP contribution in [-0.2, 0) is 0 Å². The smallest absolute Gasteiger partial charge is 0.0462 e. The first kappa shape index (κ1) is 29.9. The van der Waals surface area contributed by atoms with Crippen LogP contribution in [0, 0.1) is 0 Å². The first-order chi connectivity index (χ1) is 24.8. The summed E-state index contributed by atoms with van der Waals surface area (Å²) < 4.78 is 2.64. The molecule has 2 heteroatoms. The van der Waals surface area contributed by atoms with Gasteiger partial charge in [-0.1, -0.05) is 146 Å². The van der Waals surface area contributed by atoms with Gasteiger partial charge in [0.15, 0.2) is 0 Å². The lowest BCUT2D eigenvalue weighted by molar-refractivity contribution is 1.28. The van der Waals surface area contributed by atoms with Gasteiger partial charge in [-0.05, 0) is 93.5 Å². The number of nitrogens with zero attached hydrogens (tertiary/aromatic N) is 1. The van der Waals surface area contributed by atoms with E-state index in [0.717, 1.165) is 17.1 Å². The molecule has 0 bridgehead atoms. The van der Waals surface area contributed by atoms with Gasteiger partial charge in [-0.2, -0.15) is 0 Å². The number of para-hydroxylation sites is 1. The van der Waals surface area contributed by atoms with Crippen molar-refractivity contribution >= 4 is 48.6 Å². The van der Waals surface area contributed by atoms with Gasteiger partial charge in [0.2, 0.25) is 0 Å². The van der Waals surface area contributed by atoms with Crippen LogP contribution in [0.25, 0.3) is 64.7 Å². The molecule has 0 radical (unpaired) electrons. The van der Waals surface area contributed by atoms with Crippen molar-refractivity contribution in [3.63, 3.8) is 0 Å². The number of thiophene rings is 1. The van der Waals surface area contributed by atoms with Crippen LogP contribution < -0.4 is 4.90 Å². The van der Waals surface area contributed by atoms with Crippen molar-refractivity contribution < 1.29 is 0 Å². The number of hydrogen-bond acceptors (Lipinski definition) is 2. The van der Waals surface area contributed by atoms with Crippen LogP contribution in [0.5, 0.6) is 0 Å². The maximum Gasteiger partial charge on any atom is 0.0462 e. The summed E-state index contributed by atoms with van der Waals surface area (Å²) in [5.41, 5.74) is 13.2. The van der Waals surface area contributed by atoms with E-state index in [1.165, 1.54) is 64.7 Å². The Bertz CT molecular complexity index is 2530. The zero-order valence-electron chi connectivity index (χ0n) is 27.4. The normalized spacial score (nSPS) is 11.2.